The first-order valence-corrected chi connectivity index (χ1v) is 10.5. The van der Waals surface area contributed by atoms with Crippen molar-refractivity contribution >= 4 is 33.4 Å². The minimum absolute atomic E-state index is 0.107. The molecule has 0 aliphatic carbocycles. The van der Waals surface area contributed by atoms with Crippen LogP contribution in [0, 0.1) is 6.92 Å². The molecule has 0 radical (unpaired) electrons. The second kappa shape index (κ2) is 9.66. The summed E-state index contributed by atoms with van der Waals surface area (Å²) in [5, 5.41) is 2.94. The van der Waals surface area contributed by atoms with Crippen LogP contribution in [-0.2, 0) is 14.3 Å². The van der Waals surface area contributed by atoms with E-state index in [1.807, 2.05) is 34.9 Å². The SMILES string of the molecule is Cc1cc(NC(=O)CN(CC(=O)N2CCCC2)CC2CCCO2)ccc1Br. The van der Waals surface area contributed by atoms with Crippen LogP contribution in [0.25, 0.3) is 0 Å². The molecule has 6 nitrogen and oxygen atoms in total. The molecule has 27 heavy (non-hydrogen) atoms. The Labute approximate surface area is 169 Å². The molecule has 3 rings (SSSR count). The molecule has 1 unspecified atom stereocenters. The minimum Gasteiger partial charge on any atom is -0.377 e. The van der Waals surface area contributed by atoms with E-state index in [0.29, 0.717) is 6.54 Å². The van der Waals surface area contributed by atoms with Crippen molar-refractivity contribution in [3.05, 3.63) is 28.2 Å². The predicted molar refractivity (Wildman–Crippen MR) is 109 cm³/mol. The first-order chi connectivity index (χ1) is 13.0. The lowest BCUT2D eigenvalue weighted by atomic mass is 10.2. The smallest absolute Gasteiger partial charge is 0.238 e. The van der Waals surface area contributed by atoms with Crippen LogP contribution in [0.1, 0.15) is 31.2 Å². The second-order valence-corrected chi connectivity index (χ2v) is 8.26. The van der Waals surface area contributed by atoms with Gasteiger partial charge in [-0.15, -0.1) is 0 Å². The summed E-state index contributed by atoms with van der Waals surface area (Å²) in [6.07, 6.45) is 4.28. The van der Waals surface area contributed by atoms with E-state index in [-0.39, 0.29) is 31.0 Å². The van der Waals surface area contributed by atoms with Crippen molar-refractivity contribution in [2.45, 2.75) is 38.7 Å². The number of carbonyl (C=O) groups excluding carboxylic acids is 2. The number of ether oxygens (including phenoxy) is 1. The highest BCUT2D eigenvalue weighted by Crippen LogP contribution is 2.20. The summed E-state index contributed by atoms with van der Waals surface area (Å²) in [6, 6.07) is 5.72. The van der Waals surface area contributed by atoms with E-state index in [1.165, 1.54) is 0 Å². The summed E-state index contributed by atoms with van der Waals surface area (Å²) in [5.74, 6) is 0.00160. The molecule has 2 amide bonds. The van der Waals surface area contributed by atoms with Gasteiger partial charge in [-0.1, -0.05) is 15.9 Å². The summed E-state index contributed by atoms with van der Waals surface area (Å²) in [7, 11) is 0. The van der Waals surface area contributed by atoms with Gasteiger partial charge in [0.15, 0.2) is 0 Å². The van der Waals surface area contributed by atoms with Gasteiger partial charge in [-0.25, -0.2) is 0 Å². The van der Waals surface area contributed by atoms with Gasteiger partial charge in [0.25, 0.3) is 0 Å². The summed E-state index contributed by atoms with van der Waals surface area (Å²) in [4.78, 5) is 29.0. The van der Waals surface area contributed by atoms with Gasteiger partial charge in [-0.2, -0.15) is 0 Å². The number of hydrogen-bond acceptors (Lipinski definition) is 4. The molecule has 0 bridgehead atoms. The van der Waals surface area contributed by atoms with Gasteiger partial charge in [-0.3, -0.25) is 14.5 Å². The minimum atomic E-state index is -0.107. The van der Waals surface area contributed by atoms with E-state index in [9.17, 15) is 9.59 Å². The van der Waals surface area contributed by atoms with Crippen LogP contribution in [0.5, 0.6) is 0 Å². The Balaban J connectivity index is 1.59. The third-order valence-electron chi connectivity index (χ3n) is 5.11. The topological polar surface area (TPSA) is 61.9 Å². The average Bonchev–Trinajstić information content (AvgIpc) is 3.31. The maximum atomic E-state index is 12.6. The number of hydrogen-bond donors (Lipinski definition) is 1. The molecule has 1 atom stereocenters. The van der Waals surface area contributed by atoms with Crippen molar-refractivity contribution in [3.63, 3.8) is 0 Å². The Bertz CT molecular complexity index is 670. The maximum absolute atomic E-state index is 12.6. The van der Waals surface area contributed by atoms with Crippen molar-refractivity contribution < 1.29 is 14.3 Å². The van der Waals surface area contributed by atoms with Gasteiger partial charge in [0.1, 0.15) is 0 Å². The number of carbonyl (C=O) groups is 2. The van der Waals surface area contributed by atoms with Crippen LogP contribution in [0.15, 0.2) is 22.7 Å². The van der Waals surface area contributed by atoms with Crippen molar-refractivity contribution in [2.75, 3.05) is 44.6 Å². The van der Waals surface area contributed by atoms with E-state index in [0.717, 1.165) is 61.1 Å². The van der Waals surface area contributed by atoms with E-state index in [1.54, 1.807) is 0 Å². The van der Waals surface area contributed by atoms with E-state index in [4.69, 9.17) is 4.74 Å². The Morgan fingerprint density at radius 3 is 2.70 bits per heavy atom. The molecule has 0 spiro atoms. The molecule has 2 fully saturated rings. The molecule has 2 saturated heterocycles. The number of nitrogens with one attached hydrogen (secondary N) is 1. The molecule has 1 aromatic rings. The van der Waals surface area contributed by atoms with E-state index >= 15 is 0 Å². The Morgan fingerprint density at radius 2 is 2.04 bits per heavy atom. The molecule has 0 aromatic heterocycles. The second-order valence-electron chi connectivity index (χ2n) is 7.40. The maximum Gasteiger partial charge on any atom is 0.238 e. The highest BCUT2D eigenvalue weighted by atomic mass is 79.9. The van der Waals surface area contributed by atoms with Crippen molar-refractivity contribution in [1.82, 2.24) is 9.80 Å². The third-order valence-corrected chi connectivity index (χ3v) is 6.00. The van der Waals surface area contributed by atoms with Crippen LogP contribution in [-0.4, -0.2) is 67.0 Å². The monoisotopic (exact) mass is 437 g/mol. The van der Waals surface area contributed by atoms with Crippen molar-refractivity contribution in [2.24, 2.45) is 0 Å². The molecular formula is C20H28BrN3O3. The quantitative estimate of drug-likeness (QED) is 0.712. The van der Waals surface area contributed by atoms with Gasteiger partial charge in [0.2, 0.25) is 11.8 Å². The zero-order valence-electron chi connectivity index (χ0n) is 15.9. The molecule has 2 aliphatic rings. The summed E-state index contributed by atoms with van der Waals surface area (Å²) in [5.41, 5.74) is 1.83. The average molecular weight is 438 g/mol. The fourth-order valence-electron chi connectivity index (χ4n) is 3.65. The Hall–Kier alpha value is -1.44. The van der Waals surface area contributed by atoms with Crippen molar-refractivity contribution in [3.8, 4) is 0 Å². The molecule has 7 heteroatoms. The van der Waals surface area contributed by atoms with Gasteiger partial charge in [0.05, 0.1) is 19.2 Å². The lowest BCUT2D eigenvalue weighted by Crippen LogP contribution is -2.45. The van der Waals surface area contributed by atoms with Crippen LogP contribution in [0.2, 0.25) is 0 Å². The molecule has 2 heterocycles. The van der Waals surface area contributed by atoms with Crippen LogP contribution in [0.4, 0.5) is 5.69 Å². The highest BCUT2D eigenvalue weighted by molar-refractivity contribution is 9.10. The first-order valence-electron chi connectivity index (χ1n) is 9.69. The van der Waals surface area contributed by atoms with Crippen LogP contribution in [0.3, 0.4) is 0 Å². The van der Waals surface area contributed by atoms with Gasteiger partial charge in [0, 0.05) is 36.4 Å². The normalized spacial score (nSPS) is 19.7. The molecular weight excluding hydrogens is 410 g/mol. The number of halogens is 1. The number of nitrogens with zero attached hydrogens (tertiary/aromatic N) is 2. The highest BCUT2D eigenvalue weighted by Gasteiger charge is 2.25. The van der Waals surface area contributed by atoms with Gasteiger partial charge >= 0.3 is 0 Å². The zero-order chi connectivity index (χ0) is 19.2. The number of anilines is 1. The molecule has 2 aliphatic heterocycles. The molecule has 148 valence electrons. The number of likely N-dealkylation sites (tertiary alicyclic amines) is 1. The van der Waals surface area contributed by atoms with E-state index < -0.39 is 0 Å². The van der Waals surface area contributed by atoms with Crippen LogP contribution < -0.4 is 5.32 Å². The predicted octanol–water partition coefficient (Wildman–Crippen LogP) is 2.80. The summed E-state index contributed by atoms with van der Waals surface area (Å²) < 4.78 is 6.73. The zero-order valence-corrected chi connectivity index (χ0v) is 17.5. The largest absolute Gasteiger partial charge is 0.377 e. The lowest BCUT2D eigenvalue weighted by Gasteiger charge is -2.26. The summed E-state index contributed by atoms with van der Waals surface area (Å²) >= 11 is 3.47. The number of aryl methyl sites for hydroxylation is 1. The van der Waals surface area contributed by atoms with Crippen molar-refractivity contribution in [1.29, 1.82) is 0 Å². The summed E-state index contributed by atoms with van der Waals surface area (Å²) in [6.45, 7) is 5.49. The number of benzene rings is 1. The fourth-order valence-corrected chi connectivity index (χ4v) is 3.89. The Morgan fingerprint density at radius 1 is 1.26 bits per heavy atom. The fraction of sp³-hybridized carbons (Fsp3) is 0.600. The number of rotatable bonds is 7. The molecule has 1 N–H and O–H groups in total. The van der Waals surface area contributed by atoms with E-state index in [2.05, 4.69) is 21.2 Å². The molecule has 1 aromatic carbocycles. The van der Waals surface area contributed by atoms with Gasteiger partial charge in [-0.05, 0) is 56.4 Å². The van der Waals surface area contributed by atoms with Gasteiger partial charge < -0.3 is 15.0 Å². The lowest BCUT2D eigenvalue weighted by molar-refractivity contribution is -0.132. The molecule has 0 saturated carbocycles. The Kier molecular flexibility index (Phi) is 7.26. The first kappa shape index (κ1) is 20.3. The van der Waals surface area contributed by atoms with Crippen LogP contribution >= 0.6 is 15.9 Å². The number of amides is 2. The standard InChI is InChI=1S/C20H28BrN3O3/c1-15-11-16(6-7-18(15)21)22-19(25)13-23(12-17-5-4-10-27-17)14-20(26)24-8-2-3-9-24/h6-7,11,17H,2-5,8-10,12-14H2,1H3,(H,22,25). The third kappa shape index (κ3) is 6.02.